The monoisotopic (exact) mass is 264 g/mol. The summed E-state index contributed by atoms with van der Waals surface area (Å²) in [6.07, 6.45) is 0.883. The summed E-state index contributed by atoms with van der Waals surface area (Å²) in [7, 11) is 0. The predicted octanol–water partition coefficient (Wildman–Crippen LogP) is 2.20. The first-order valence-corrected chi connectivity index (χ1v) is 7.04. The highest BCUT2D eigenvalue weighted by atomic mass is 32.1. The van der Waals surface area contributed by atoms with Gasteiger partial charge in [-0.25, -0.2) is 4.98 Å². The molecule has 5 heteroatoms. The Hall–Kier alpha value is -1.20. The third kappa shape index (κ3) is 2.79. The number of aromatic nitrogens is 3. The number of hydrogen-bond acceptors (Lipinski definition) is 4. The van der Waals surface area contributed by atoms with E-state index in [1.54, 1.807) is 11.3 Å². The van der Waals surface area contributed by atoms with Crippen LogP contribution in [-0.4, -0.2) is 20.8 Å². The highest BCUT2D eigenvalue weighted by Gasteiger charge is 2.13. The maximum absolute atomic E-state index is 5.88. The van der Waals surface area contributed by atoms with Crippen LogP contribution in [-0.2, 0) is 13.0 Å². The van der Waals surface area contributed by atoms with Crippen LogP contribution in [0, 0.1) is 20.8 Å². The van der Waals surface area contributed by atoms with Crippen LogP contribution in [0.15, 0.2) is 5.38 Å². The minimum Gasteiger partial charge on any atom is -0.328 e. The molecule has 0 spiro atoms. The van der Waals surface area contributed by atoms with Crippen molar-refractivity contribution < 1.29 is 0 Å². The van der Waals surface area contributed by atoms with E-state index in [0.29, 0.717) is 0 Å². The molecule has 0 bridgehead atoms. The number of aryl methyl sites for hydroxylation is 2. The summed E-state index contributed by atoms with van der Waals surface area (Å²) in [5, 5.41) is 7.77. The van der Waals surface area contributed by atoms with Gasteiger partial charge >= 0.3 is 0 Å². The zero-order valence-corrected chi connectivity index (χ0v) is 12.2. The second-order valence-corrected chi connectivity index (χ2v) is 5.81. The van der Waals surface area contributed by atoms with Gasteiger partial charge in [-0.1, -0.05) is 0 Å². The van der Waals surface area contributed by atoms with E-state index in [9.17, 15) is 0 Å². The molecule has 1 unspecified atom stereocenters. The van der Waals surface area contributed by atoms with Gasteiger partial charge in [-0.15, -0.1) is 11.3 Å². The van der Waals surface area contributed by atoms with E-state index in [0.717, 1.165) is 29.4 Å². The van der Waals surface area contributed by atoms with E-state index in [2.05, 4.69) is 22.4 Å². The molecule has 2 rings (SSSR count). The average Bonchev–Trinajstić information content (AvgIpc) is 2.78. The van der Waals surface area contributed by atoms with E-state index < -0.39 is 0 Å². The van der Waals surface area contributed by atoms with Crippen molar-refractivity contribution >= 4 is 11.3 Å². The van der Waals surface area contributed by atoms with Gasteiger partial charge in [0.25, 0.3) is 0 Å². The van der Waals surface area contributed by atoms with Crippen LogP contribution in [0.2, 0.25) is 0 Å². The lowest BCUT2D eigenvalue weighted by molar-refractivity contribution is 0.652. The van der Waals surface area contributed by atoms with Crippen molar-refractivity contribution in [2.75, 3.05) is 0 Å². The van der Waals surface area contributed by atoms with Gasteiger partial charge in [0, 0.05) is 22.8 Å². The first-order valence-electron chi connectivity index (χ1n) is 6.17. The van der Waals surface area contributed by atoms with Crippen molar-refractivity contribution in [3.63, 3.8) is 0 Å². The van der Waals surface area contributed by atoms with Crippen molar-refractivity contribution in [3.8, 4) is 0 Å². The molecule has 2 heterocycles. The molecule has 4 nitrogen and oxygen atoms in total. The van der Waals surface area contributed by atoms with E-state index in [-0.39, 0.29) is 6.04 Å². The lowest BCUT2D eigenvalue weighted by Crippen LogP contribution is -2.18. The Labute approximate surface area is 112 Å². The van der Waals surface area contributed by atoms with Gasteiger partial charge < -0.3 is 5.73 Å². The molecule has 0 amide bonds. The lowest BCUT2D eigenvalue weighted by Gasteiger charge is -2.06. The molecule has 0 aliphatic heterocycles. The maximum Gasteiger partial charge on any atom is 0.114 e. The summed E-state index contributed by atoms with van der Waals surface area (Å²) in [6, 6.07) is 0.169. The van der Waals surface area contributed by atoms with Crippen molar-refractivity contribution in [3.05, 3.63) is 33.0 Å². The largest absolute Gasteiger partial charge is 0.328 e. The lowest BCUT2D eigenvalue weighted by atomic mass is 10.1. The van der Waals surface area contributed by atoms with Gasteiger partial charge in [0.05, 0.1) is 12.2 Å². The van der Waals surface area contributed by atoms with E-state index in [1.807, 2.05) is 25.5 Å². The first-order chi connectivity index (χ1) is 8.47. The summed E-state index contributed by atoms with van der Waals surface area (Å²) < 4.78 is 2.03. The van der Waals surface area contributed by atoms with E-state index >= 15 is 0 Å². The SMILES string of the molecule is Cc1csc(Cn2nc(C)c(CC(C)N)c2C)n1. The number of thiazole rings is 1. The van der Waals surface area contributed by atoms with Gasteiger partial charge in [0.15, 0.2) is 0 Å². The molecule has 2 N–H and O–H groups in total. The Balaban J connectivity index is 2.24. The molecular weight excluding hydrogens is 244 g/mol. The fourth-order valence-corrected chi connectivity index (χ4v) is 2.86. The van der Waals surface area contributed by atoms with E-state index in [1.165, 1.54) is 11.3 Å². The molecule has 0 aromatic carbocycles. The molecular formula is C13H20N4S. The fourth-order valence-electron chi connectivity index (χ4n) is 2.11. The Morgan fingerprint density at radius 2 is 2.11 bits per heavy atom. The highest BCUT2D eigenvalue weighted by Crippen LogP contribution is 2.17. The molecule has 18 heavy (non-hydrogen) atoms. The van der Waals surface area contributed by atoms with Crippen LogP contribution in [0.5, 0.6) is 0 Å². The van der Waals surface area contributed by atoms with Gasteiger partial charge in [0.2, 0.25) is 0 Å². The van der Waals surface area contributed by atoms with Gasteiger partial charge in [-0.05, 0) is 39.7 Å². The molecule has 0 saturated carbocycles. The third-order valence-corrected chi connectivity index (χ3v) is 3.96. The summed E-state index contributed by atoms with van der Waals surface area (Å²) >= 11 is 1.69. The molecule has 98 valence electrons. The Kier molecular flexibility index (Phi) is 3.82. The molecule has 2 aromatic heterocycles. The smallest absolute Gasteiger partial charge is 0.114 e. The van der Waals surface area contributed by atoms with Crippen molar-refractivity contribution in [2.45, 2.75) is 46.7 Å². The zero-order valence-electron chi connectivity index (χ0n) is 11.4. The van der Waals surface area contributed by atoms with Crippen LogP contribution in [0.4, 0.5) is 0 Å². The maximum atomic E-state index is 5.88. The molecule has 0 aliphatic rings. The predicted molar refractivity (Wildman–Crippen MR) is 75.0 cm³/mol. The summed E-state index contributed by atoms with van der Waals surface area (Å²) in [5.74, 6) is 0. The van der Waals surface area contributed by atoms with Crippen LogP contribution in [0.25, 0.3) is 0 Å². The number of hydrogen-bond donors (Lipinski definition) is 1. The standard InChI is InChI=1S/C13H20N4S/c1-8(14)5-12-10(3)16-17(11(12)4)6-13-15-9(2)7-18-13/h7-8H,5-6,14H2,1-4H3. The van der Waals surface area contributed by atoms with Gasteiger partial charge in [-0.2, -0.15) is 5.10 Å². The third-order valence-electron chi connectivity index (χ3n) is 3.01. The van der Waals surface area contributed by atoms with Crippen LogP contribution in [0.3, 0.4) is 0 Å². The van der Waals surface area contributed by atoms with Crippen molar-refractivity contribution in [1.29, 1.82) is 0 Å². The summed E-state index contributed by atoms with van der Waals surface area (Å²) in [6.45, 7) is 8.96. The average molecular weight is 264 g/mol. The Morgan fingerprint density at radius 1 is 1.39 bits per heavy atom. The molecule has 0 fully saturated rings. The van der Waals surface area contributed by atoms with E-state index in [4.69, 9.17) is 5.73 Å². The number of nitrogens with two attached hydrogens (primary N) is 1. The summed E-state index contributed by atoms with van der Waals surface area (Å²) in [4.78, 5) is 4.48. The quantitative estimate of drug-likeness (QED) is 0.921. The molecule has 2 aromatic rings. The Morgan fingerprint density at radius 3 is 2.67 bits per heavy atom. The molecule has 0 saturated heterocycles. The second-order valence-electron chi connectivity index (χ2n) is 4.87. The Bertz CT molecular complexity index is 539. The zero-order chi connectivity index (χ0) is 13.3. The molecule has 0 aliphatic carbocycles. The second kappa shape index (κ2) is 5.20. The van der Waals surface area contributed by atoms with Crippen molar-refractivity contribution in [2.24, 2.45) is 5.73 Å². The minimum atomic E-state index is 0.169. The van der Waals surface area contributed by atoms with Crippen LogP contribution >= 0.6 is 11.3 Å². The van der Waals surface area contributed by atoms with Crippen molar-refractivity contribution in [1.82, 2.24) is 14.8 Å². The fraction of sp³-hybridized carbons (Fsp3) is 0.538. The minimum absolute atomic E-state index is 0.169. The molecule has 1 atom stereocenters. The van der Waals surface area contributed by atoms with Crippen LogP contribution in [0.1, 0.15) is 34.6 Å². The summed E-state index contributed by atoms with van der Waals surface area (Å²) in [5.41, 5.74) is 10.5. The van der Waals surface area contributed by atoms with Gasteiger partial charge in [-0.3, -0.25) is 4.68 Å². The normalized spacial score (nSPS) is 12.9. The highest BCUT2D eigenvalue weighted by molar-refractivity contribution is 7.09. The topological polar surface area (TPSA) is 56.7 Å². The first kappa shape index (κ1) is 13.2. The van der Waals surface area contributed by atoms with Crippen LogP contribution < -0.4 is 5.73 Å². The van der Waals surface area contributed by atoms with Gasteiger partial charge in [0.1, 0.15) is 5.01 Å². The number of nitrogens with zero attached hydrogens (tertiary/aromatic N) is 3. The molecule has 0 radical (unpaired) electrons. The number of rotatable bonds is 4.